The van der Waals surface area contributed by atoms with Crippen molar-refractivity contribution >= 4 is 37.3 Å². The van der Waals surface area contributed by atoms with Gasteiger partial charge in [-0.05, 0) is 47.2 Å². The van der Waals surface area contributed by atoms with Gasteiger partial charge >= 0.3 is 0 Å². The predicted molar refractivity (Wildman–Crippen MR) is 78.5 cm³/mol. The molecule has 2 rings (SSSR count). The van der Waals surface area contributed by atoms with Crippen LogP contribution in [0.1, 0.15) is 25.1 Å². The number of piperidine rings is 1. The van der Waals surface area contributed by atoms with Crippen LogP contribution in [0, 0.1) is 18.8 Å². The van der Waals surface area contributed by atoms with Crippen molar-refractivity contribution in [1.82, 2.24) is 4.31 Å². The van der Waals surface area contributed by atoms with Crippen LogP contribution in [0.15, 0.2) is 14.7 Å². The molecule has 2 atom stereocenters. The monoisotopic (exact) mass is 351 g/mol. The van der Waals surface area contributed by atoms with Crippen molar-refractivity contribution in [2.24, 2.45) is 11.8 Å². The van der Waals surface area contributed by atoms with Crippen LogP contribution in [-0.2, 0) is 10.0 Å². The van der Waals surface area contributed by atoms with Gasteiger partial charge in [0, 0.05) is 18.0 Å². The molecule has 0 N–H and O–H groups in total. The van der Waals surface area contributed by atoms with Crippen LogP contribution < -0.4 is 0 Å². The van der Waals surface area contributed by atoms with E-state index in [4.69, 9.17) is 0 Å². The second kappa shape index (κ2) is 5.23. The SMILES string of the molecule is Cc1sc(Br)cc1S(=O)(=O)N1CCC(C)C(C)C1. The van der Waals surface area contributed by atoms with Crippen LogP contribution in [0.25, 0.3) is 0 Å². The first-order valence-electron chi connectivity index (χ1n) is 6.08. The first-order chi connectivity index (χ1) is 8.32. The Morgan fingerprint density at radius 1 is 1.39 bits per heavy atom. The lowest BCUT2D eigenvalue weighted by Crippen LogP contribution is -2.42. The zero-order valence-corrected chi connectivity index (χ0v) is 14.0. The highest BCUT2D eigenvalue weighted by atomic mass is 79.9. The lowest BCUT2D eigenvalue weighted by molar-refractivity contribution is 0.212. The second-order valence-corrected chi connectivity index (χ2v) is 9.62. The molecule has 102 valence electrons. The molecule has 0 aromatic carbocycles. The normalized spacial score (nSPS) is 26.4. The number of rotatable bonds is 2. The van der Waals surface area contributed by atoms with Crippen molar-refractivity contribution in [2.75, 3.05) is 13.1 Å². The molecule has 1 fully saturated rings. The van der Waals surface area contributed by atoms with Gasteiger partial charge in [-0.25, -0.2) is 8.42 Å². The molecule has 2 unspecified atom stereocenters. The van der Waals surface area contributed by atoms with E-state index in [9.17, 15) is 8.42 Å². The molecule has 1 aliphatic heterocycles. The van der Waals surface area contributed by atoms with Crippen LogP contribution in [-0.4, -0.2) is 25.8 Å². The Kier molecular flexibility index (Phi) is 4.21. The third kappa shape index (κ3) is 2.66. The Bertz CT molecular complexity index is 538. The van der Waals surface area contributed by atoms with Crippen molar-refractivity contribution in [3.8, 4) is 0 Å². The molecule has 2 heterocycles. The maximum atomic E-state index is 12.6. The van der Waals surface area contributed by atoms with E-state index in [1.807, 2.05) is 6.92 Å². The average molecular weight is 352 g/mol. The Morgan fingerprint density at radius 2 is 2.06 bits per heavy atom. The predicted octanol–water partition coefficient (Wildman–Crippen LogP) is 3.49. The van der Waals surface area contributed by atoms with Crippen molar-refractivity contribution in [1.29, 1.82) is 0 Å². The summed E-state index contributed by atoms with van der Waals surface area (Å²) in [6, 6.07) is 1.72. The highest BCUT2D eigenvalue weighted by molar-refractivity contribution is 9.11. The number of hydrogen-bond acceptors (Lipinski definition) is 3. The lowest BCUT2D eigenvalue weighted by atomic mass is 9.90. The van der Waals surface area contributed by atoms with E-state index in [0.29, 0.717) is 29.8 Å². The molecule has 1 aromatic rings. The van der Waals surface area contributed by atoms with Crippen molar-refractivity contribution < 1.29 is 8.42 Å². The highest BCUT2D eigenvalue weighted by Crippen LogP contribution is 2.34. The summed E-state index contributed by atoms with van der Waals surface area (Å²) < 4.78 is 27.7. The Labute approximate surface area is 121 Å². The quantitative estimate of drug-likeness (QED) is 0.817. The smallest absolute Gasteiger partial charge is 0.207 e. The highest BCUT2D eigenvalue weighted by Gasteiger charge is 2.33. The molecule has 1 aliphatic rings. The Morgan fingerprint density at radius 3 is 2.56 bits per heavy atom. The van der Waals surface area contributed by atoms with Gasteiger partial charge in [-0.1, -0.05) is 13.8 Å². The van der Waals surface area contributed by atoms with Gasteiger partial charge in [-0.3, -0.25) is 0 Å². The molecule has 0 saturated carbocycles. The number of nitrogens with zero attached hydrogens (tertiary/aromatic N) is 1. The largest absolute Gasteiger partial charge is 0.244 e. The van der Waals surface area contributed by atoms with E-state index >= 15 is 0 Å². The molecule has 18 heavy (non-hydrogen) atoms. The molecule has 0 radical (unpaired) electrons. The van der Waals surface area contributed by atoms with Gasteiger partial charge in [0.2, 0.25) is 10.0 Å². The number of sulfonamides is 1. The second-order valence-electron chi connectivity index (χ2n) is 5.08. The summed E-state index contributed by atoms with van der Waals surface area (Å²) in [5.74, 6) is 1.03. The van der Waals surface area contributed by atoms with Crippen LogP contribution in [0.3, 0.4) is 0 Å². The third-order valence-corrected chi connectivity index (χ3v) is 7.43. The van der Waals surface area contributed by atoms with Crippen LogP contribution in [0.2, 0.25) is 0 Å². The molecule has 0 aliphatic carbocycles. The van der Waals surface area contributed by atoms with Crippen molar-refractivity contribution in [3.63, 3.8) is 0 Å². The van der Waals surface area contributed by atoms with Crippen molar-refractivity contribution in [3.05, 3.63) is 14.7 Å². The molecule has 1 aromatic heterocycles. The van der Waals surface area contributed by atoms with Crippen LogP contribution in [0.4, 0.5) is 0 Å². The molecule has 3 nitrogen and oxygen atoms in total. The first-order valence-corrected chi connectivity index (χ1v) is 9.13. The fraction of sp³-hybridized carbons (Fsp3) is 0.667. The van der Waals surface area contributed by atoms with Gasteiger partial charge in [-0.15, -0.1) is 11.3 Å². The van der Waals surface area contributed by atoms with E-state index < -0.39 is 10.0 Å². The molecular weight excluding hydrogens is 334 g/mol. The Hall–Kier alpha value is 0.0900. The van der Waals surface area contributed by atoms with Gasteiger partial charge in [0.05, 0.1) is 8.68 Å². The van der Waals surface area contributed by atoms with E-state index in [1.54, 1.807) is 10.4 Å². The van der Waals surface area contributed by atoms with Gasteiger partial charge in [-0.2, -0.15) is 4.31 Å². The number of aryl methyl sites for hydroxylation is 1. The summed E-state index contributed by atoms with van der Waals surface area (Å²) >= 11 is 4.83. The van der Waals surface area contributed by atoms with Crippen LogP contribution in [0.5, 0.6) is 0 Å². The summed E-state index contributed by atoms with van der Waals surface area (Å²) in [6.45, 7) is 7.46. The minimum Gasteiger partial charge on any atom is -0.207 e. The van der Waals surface area contributed by atoms with Crippen molar-refractivity contribution in [2.45, 2.75) is 32.1 Å². The fourth-order valence-electron chi connectivity index (χ4n) is 2.27. The summed E-state index contributed by atoms with van der Waals surface area (Å²) in [7, 11) is -3.31. The molecule has 1 saturated heterocycles. The topological polar surface area (TPSA) is 37.4 Å². The average Bonchev–Trinajstić information content (AvgIpc) is 2.62. The number of halogens is 1. The molecule has 0 spiro atoms. The minimum atomic E-state index is -3.31. The Balaban J connectivity index is 2.29. The van der Waals surface area contributed by atoms with Gasteiger partial charge in [0.15, 0.2) is 0 Å². The van der Waals surface area contributed by atoms with E-state index in [0.717, 1.165) is 15.1 Å². The standard InChI is InChI=1S/C12H18BrNO2S2/c1-8-4-5-14(7-9(8)2)18(15,16)11-6-12(13)17-10(11)3/h6,8-9H,4-5,7H2,1-3H3. The molecular formula is C12H18BrNO2S2. The summed E-state index contributed by atoms with van der Waals surface area (Å²) in [5.41, 5.74) is 0. The molecule has 0 amide bonds. The van der Waals surface area contributed by atoms with Crippen LogP contribution >= 0.6 is 27.3 Å². The summed E-state index contributed by atoms with van der Waals surface area (Å²) in [5, 5.41) is 0. The number of hydrogen-bond donors (Lipinski definition) is 0. The lowest BCUT2D eigenvalue weighted by Gasteiger charge is -2.34. The zero-order valence-electron chi connectivity index (χ0n) is 10.8. The minimum absolute atomic E-state index is 0.427. The zero-order chi connectivity index (χ0) is 13.5. The van der Waals surface area contributed by atoms with E-state index in [1.165, 1.54) is 11.3 Å². The third-order valence-electron chi connectivity index (χ3n) is 3.76. The first kappa shape index (κ1) is 14.5. The molecule has 0 bridgehead atoms. The van der Waals surface area contributed by atoms with Gasteiger partial charge < -0.3 is 0 Å². The summed E-state index contributed by atoms with van der Waals surface area (Å²) in [4.78, 5) is 1.31. The molecule has 6 heteroatoms. The van der Waals surface area contributed by atoms with Gasteiger partial charge in [0.25, 0.3) is 0 Å². The fourth-order valence-corrected chi connectivity index (χ4v) is 6.21. The number of thiophene rings is 1. The summed E-state index contributed by atoms with van der Waals surface area (Å²) in [6.07, 6.45) is 0.949. The van der Waals surface area contributed by atoms with E-state index in [2.05, 4.69) is 29.8 Å². The maximum absolute atomic E-state index is 12.6. The van der Waals surface area contributed by atoms with Gasteiger partial charge in [0.1, 0.15) is 0 Å². The maximum Gasteiger partial charge on any atom is 0.244 e. The van der Waals surface area contributed by atoms with E-state index in [-0.39, 0.29) is 0 Å².